The Kier molecular flexibility index (Phi) is 21.4. The third-order valence-corrected chi connectivity index (χ3v) is 9.40. The summed E-state index contributed by atoms with van der Waals surface area (Å²) in [6, 6.07) is 5.82. The Morgan fingerprint density at radius 1 is 0.727 bits per heavy atom. The monoisotopic (exact) mass is 616 g/mol. The van der Waals surface area contributed by atoms with Crippen molar-refractivity contribution in [1.29, 1.82) is 0 Å². The largest absolute Gasteiger partial charge is 0.490 e. The second kappa shape index (κ2) is 24.5. The number of amides is 1. The number of aliphatic hydroxyl groups excluding tert-OH is 1. The summed E-state index contributed by atoms with van der Waals surface area (Å²) in [7, 11) is 0. The predicted octanol–water partition coefficient (Wildman–Crippen LogP) is 11.1. The average molecular weight is 616 g/mol. The first-order valence-corrected chi connectivity index (χ1v) is 18.9. The highest BCUT2D eigenvalue weighted by atomic mass is 16.5. The lowest BCUT2D eigenvalue weighted by molar-refractivity contribution is 0.0599. The Labute approximate surface area is 271 Å². The van der Waals surface area contributed by atoms with Crippen molar-refractivity contribution in [3.63, 3.8) is 0 Å². The molecule has 0 heterocycles. The first-order chi connectivity index (χ1) is 21.4. The quantitative estimate of drug-likeness (QED) is 0.161. The number of hydrogen-bond acceptors (Lipinski definition) is 4. The topological polar surface area (TPSA) is 67.8 Å². The van der Waals surface area contributed by atoms with Crippen molar-refractivity contribution in [3.05, 3.63) is 23.8 Å². The second-order valence-corrected chi connectivity index (χ2v) is 13.7. The predicted molar refractivity (Wildman–Crippen MR) is 186 cm³/mol. The van der Waals surface area contributed by atoms with Crippen LogP contribution in [0.4, 0.5) is 0 Å². The third-order valence-electron chi connectivity index (χ3n) is 9.40. The lowest BCUT2D eigenvalue weighted by Gasteiger charge is -2.23. The molecule has 0 aliphatic heterocycles. The van der Waals surface area contributed by atoms with Crippen LogP contribution in [0.1, 0.15) is 192 Å². The van der Waals surface area contributed by atoms with Gasteiger partial charge in [-0.25, -0.2) is 0 Å². The lowest BCUT2D eigenvalue weighted by atomic mass is 9.99. The minimum absolute atomic E-state index is 0.0555. The molecule has 1 aliphatic carbocycles. The first-order valence-electron chi connectivity index (χ1n) is 18.9. The van der Waals surface area contributed by atoms with E-state index < -0.39 is 6.10 Å². The fraction of sp³-hybridized carbons (Fsp3) is 0.821. The van der Waals surface area contributed by atoms with Crippen LogP contribution < -0.4 is 14.8 Å². The molecule has 5 nitrogen and oxygen atoms in total. The van der Waals surface area contributed by atoms with Crippen LogP contribution in [0.15, 0.2) is 18.2 Å². The Morgan fingerprint density at radius 3 is 1.80 bits per heavy atom. The van der Waals surface area contributed by atoms with Gasteiger partial charge in [0.05, 0.1) is 12.2 Å². The number of carbonyl (C=O) groups excluding carboxylic acids is 1. The maximum atomic E-state index is 13.7. The number of carbonyl (C=O) groups is 1. The molecule has 44 heavy (non-hydrogen) atoms. The molecule has 0 saturated heterocycles. The molecule has 1 aromatic rings. The summed E-state index contributed by atoms with van der Waals surface area (Å²) >= 11 is 0. The summed E-state index contributed by atoms with van der Waals surface area (Å²) in [5.74, 6) is 1.23. The summed E-state index contributed by atoms with van der Waals surface area (Å²) in [5, 5.41) is 13.5. The molecular formula is C39H69NO4. The third kappa shape index (κ3) is 17.7. The van der Waals surface area contributed by atoms with Gasteiger partial charge in [-0.2, -0.15) is 0 Å². The minimum Gasteiger partial charge on any atom is -0.490 e. The van der Waals surface area contributed by atoms with E-state index in [0.717, 1.165) is 44.9 Å². The Hall–Kier alpha value is -1.75. The van der Waals surface area contributed by atoms with Crippen LogP contribution >= 0.6 is 0 Å². The minimum atomic E-state index is -0.614. The standard InChI is InChI=1S/C39H69NO4/c1-5-7-9-10-16-19-22-26-35(25-8-6-2)40-39(42)34-29-37(43-33(4)32(3)41)31-38(30-34)44-36-27-23-20-17-14-12-11-13-15-18-21-24-28-36/h29-33,35-36,41H,5-28H2,1-4H3,(H,40,42)/t32-,33-,35+/m0/s1. The molecule has 1 aromatic carbocycles. The number of rotatable bonds is 18. The Balaban J connectivity index is 2.13. The average Bonchev–Trinajstić information content (AvgIpc) is 3.00. The van der Waals surface area contributed by atoms with Crippen molar-refractivity contribution in [2.45, 2.75) is 206 Å². The molecule has 1 fully saturated rings. The fourth-order valence-corrected chi connectivity index (χ4v) is 6.30. The van der Waals surface area contributed by atoms with Gasteiger partial charge in [0.2, 0.25) is 0 Å². The van der Waals surface area contributed by atoms with Crippen LogP contribution in [0.3, 0.4) is 0 Å². The van der Waals surface area contributed by atoms with Crippen LogP contribution in [-0.2, 0) is 0 Å². The zero-order valence-electron chi connectivity index (χ0n) is 29.2. The van der Waals surface area contributed by atoms with Gasteiger partial charge in [0, 0.05) is 17.7 Å². The molecule has 1 amide bonds. The van der Waals surface area contributed by atoms with E-state index in [9.17, 15) is 9.90 Å². The number of unbranched alkanes of at least 4 members (excludes halogenated alkanes) is 7. The molecule has 254 valence electrons. The molecule has 2 rings (SSSR count). The van der Waals surface area contributed by atoms with E-state index in [1.54, 1.807) is 6.92 Å². The number of hydrogen-bond donors (Lipinski definition) is 2. The zero-order chi connectivity index (χ0) is 31.8. The van der Waals surface area contributed by atoms with Gasteiger partial charge in [-0.15, -0.1) is 0 Å². The molecular weight excluding hydrogens is 546 g/mol. The molecule has 0 aromatic heterocycles. The first kappa shape index (κ1) is 38.4. The van der Waals surface area contributed by atoms with Gasteiger partial charge in [-0.3, -0.25) is 4.79 Å². The lowest BCUT2D eigenvalue weighted by Crippen LogP contribution is -2.35. The van der Waals surface area contributed by atoms with E-state index in [1.165, 1.54) is 109 Å². The number of ether oxygens (including phenoxy) is 2. The van der Waals surface area contributed by atoms with Crippen LogP contribution in [0.5, 0.6) is 11.5 Å². The Bertz CT molecular complexity index is 843. The van der Waals surface area contributed by atoms with Gasteiger partial charge in [0.25, 0.3) is 5.91 Å². The highest BCUT2D eigenvalue weighted by Crippen LogP contribution is 2.28. The smallest absolute Gasteiger partial charge is 0.251 e. The maximum Gasteiger partial charge on any atom is 0.251 e. The summed E-state index contributed by atoms with van der Waals surface area (Å²) in [6.07, 6.45) is 28.9. The molecule has 0 radical (unpaired) electrons. The van der Waals surface area contributed by atoms with Gasteiger partial charge in [0.1, 0.15) is 17.6 Å². The van der Waals surface area contributed by atoms with E-state index >= 15 is 0 Å². The molecule has 0 unspecified atom stereocenters. The van der Waals surface area contributed by atoms with Crippen molar-refractivity contribution < 1.29 is 19.4 Å². The van der Waals surface area contributed by atoms with Crippen LogP contribution in [0.25, 0.3) is 0 Å². The number of nitrogens with one attached hydrogen (secondary N) is 1. The van der Waals surface area contributed by atoms with Gasteiger partial charge in [0.15, 0.2) is 0 Å². The summed E-state index contributed by atoms with van der Waals surface area (Å²) in [4.78, 5) is 13.7. The zero-order valence-corrected chi connectivity index (χ0v) is 29.2. The van der Waals surface area contributed by atoms with E-state index in [0.29, 0.717) is 17.1 Å². The van der Waals surface area contributed by atoms with Crippen molar-refractivity contribution in [1.82, 2.24) is 5.32 Å². The SMILES string of the molecule is CCCCCCCCC[C@@H](CCCC)NC(=O)c1cc(OC2CCCCCCCCCCCCC2)cc(O[C@@H](C)[C@H](C)O)c1. The second-order valence-electron chi connectivity index (χ2n) is 13.7. The van der Waals surface area contributed by atoms with Crippen LogP contribution in [-0.4, -0.2) is 35.4 Å². The molecule has 1 saturated carbocycles. The molecule has 1 aliphatic rings. The van der Waals surface area contributed by atoms with E-state index in [1.807, 2.05) is 25.1 Å². The van der Waals surface area contributed by atoms with E-state index in [2.05, 4.69) is 19.2 Å². The fourth-order valence-electron chi connectivity index (χ4n) is 6.30. The van der Waals surface area contributed by atoms with Crippen molar-refractivity contribution >= 4 is 5.91 Å². The van der Waals surface area contributed by atoms with E-state index in [4.69, 9.17) is 9.47 Å². The van der Waals surface area contributed by atoms with Gasteiger partial charge in [-0.05, 0) is 64.5 Å². The summed E-state index contributed by atoms with van der Waals surface area (Å²) in [6.45, 7) is 8.07. The maximum absolute atomic E-state index is 13.7. The molecule has 0 bridgehead atoms. The van der Waals surface area contributed by atoms with Crippen molar-refractivity contribution in [2.75, 3.05) is 0 Å². The number of aliphatic hydroxyl groups is 1. The highest BCUT2D eigenvalue weighted by molar-refractivity contribution is 5.95. The summed E-state index contributed by atoms with van der Waals surface area (Å²) in [5.41, 5.74) is 0.581. The molecule has 5 heteroatoms. The van der Waals surface area contributed by atoms with Gasteiger partial charge < -0.3 is 19.9 Å². The van der Waals surface area contributed by atoms with E-state index in [-0.39, 0.29) is 24.2 Å². The van der Waals surface area contributed by atoms with Crippen molar-refractivity contribution in [2.24, 2.45) is 0 Å². The van der Waals surface area contributed by atoms with Crippen molar-refractivity contribution in [3.8, 4) is 11.5 Å². The molecule has 3 atom stereocenters. The molecule has 0 spiro atoms. The summed E-state index contributed by atoms with van der Waals surface area (Å²) < 4.78 is 12.8. The van der Waals surface area contributed by atoms with Gasteiger partial charge in [-0.1, -0.05) is 129 Å². The van der Waals surface area contributed by atoms with Crippen LogP contribution in [0.2, 0.25) is 0 Å². The van der Waals surface area contributed by atoms with Crippen LogP contribution in [0, 0.1) is 0 Å². The number of benzene rings is 1. The molecule has 2 N–H and O–H groups in total. The van der Waals surface area contributed by atoms with Gasteiger partial charge >= 0.3 is 0 Å². The normalized spacial score (nSPS) is 18.1. The Morgan fingerprint density at radius 2 is 1.23 bits per heavy atom. The highest BCUT2D eigenvalue weighted by Gasteiger charge is 2.19.